The number of rotatable bonds is 10. The van der Waals surface area contributed by atoms with Gasteiger partial charge in [0.1, 0.15) is 11.5 Å². The Kier molecular flexibility index (Phi) is 9.35. The number of aromatic hydroxyl groups is 2. The molecule has 1 aliphatic rings. The lowest BCUT2D eigenvalue weighted by molar-refractivity contribution is -0.116. The fourth-order valence-corrected chi connectivity index (χ4v) is 3.88. The Bertz CT molecular complexity index is 863. The molecule has 170 valence electrons. The van der Waals surface area contributed by atoms with Gasteiger partial charge < -0.3 is 15.1 Å². The van der Waals surface area contributed by atoms with Crippen LogP contribution in [0.5, 0.6) is 11.5 Å². The molecule has 0 aliphatic carbocycles. The predicted octanol–water partition coefficient (Wildman–Crippen LogP) is 5.48. The van der Waals surface area contributed by atoms with Crippen molar-refractivity contribution >= 4 is 11.7 Å². The third-order valence-electron chi connectivity index (χ3n) is 5.79. The van der Waals surface area contributed by atoms with Crippen molar-refractivity contribution in [2.45, 2.75) is 79.1 Å². The molecule has 1 heterocycles. The molecule has 1 saturated heterocycles. The number of Topliss-reactive ketones (excluding diaryl/α,β-unsaturated/α-hetero) is 1. The van der Waals surface area contributed by atoms with Crippen LogP contribution in [-0.4, -0.2) is 39.9 Å². The standard InChI is InChI=1S/C26H37NO4/c1-5-6-7-11-20-16-23(29)22(13-12-19(4)10-8-9-18(2)3)25(30)24(20)26(31)27-15-14-21(28)17-27/h9,12,16,29-30H,5-8,10-11,13-15,17H2,1-4H3/b19-12+. The van der Waals surface area contributed by atoms with E-state index in [1.807, 2.05) is 13.0 Å². The average molecular weight is 428 g/mol. The molecule has 0 bridgehead atoms. The van der Waals surface area contributed by atoms with Crippen molar-refractivity contribution in [3.63, 3.8) is 0 Å². The van der Waals surface area contributed by atoms with E-state index in [9.17, 15) is 19.8 Å². The van der Waals surface area contributed by atoms with Crippen LogP contribution in [0.3, 0.4) is 0 Å². The van der Waals surface area contributed by atoms with Gasteiger partial charge in [-0.2, -0.15) is 0 Å². The van der Waals surface area contributed by atoms with Crippen LogP contribution in [0.1, 0.15) is 87.7 Å². The van der Waals surface area contributed by atoms with Gasteiger partial charge in [0.25, 0.3) is 5.91 Å². The number of amides is 1. The van der Waals surface area contributed by atoms with Crippen LogP contribution in [-0.2, 0) is 17.6 Å². The molecule has 0 spiro atoms. The fraction of sp³-hybridized carbons (Fsp3) is 0.538. The summed E-state index contributed by atoms with van der Waals surface area (Å²) in [5.41, 5.74) is 3.72. The fourth-order valence-electron chi connectivity index (χ4n) is 3.88. The smallest absolute Gasteiger partial charge is 0.258 e. The second-order valence-corrected chi connectivity index (χ2v) is 8.80. The normalized spacial score (nSPS) is 14.3. The van der Waals surface area contributed by atoms with Crippen LogP contribution in [0.25, 0.3) is 0 Å². The molecule has 0 atom stereocenters. The lowest BCUT2D eigenvalue weighted by atomic mass is 9.94. The molecule has 1 aromatic rings. The minimum absolute atomic E-state index is 0.0198. The van der Waals surface area contributed by atoms with Crippen LogP contribution in [0.15, 0.2) is 29.4 Å². The second kappa shape index (κ2) is 11.7. The van der Waals surface area contributed by atoms with Gasteiger partial charge in [-0.05, 0) is 64.5 Å². The van der Waals surface area contributed by atoms with Gasteiger partial charge in [0.05, 0.1) is 12.1 Å². The summed E-state index contributed by atoms with van der Waals surface area (Å²) in [4.78, 5) is 26.4. The number of aryl methyl sites for hydroxylation is 1. The number of phenols is 2. The van der Waals surface area contributed by atoms with Crippen molar-refractivity contribution in [2.24, 2.45) is 0 Å². The zero-order valence-corrected chi connectivity index (χ0v) is 19.5. The first kappa shape index (κ1) is 24.7. The molecule has 0 unspecified atom stereocenters. The molecule has 1 fully saturated rings. The molecule has 2 N–H and O–H groups in total. The number of ketones is 1. The summed E-state index contributed by atoms with van der Waals surface area (Å²) in [6, 6.07) is 1.63. The molecule has 1 aromatic carbocycles. The highest BCUT2D eigenvalue weighted by Crippen LogP contribution is 2.36. The highest BCUT2D eigenvalue weighted by molar-refractivity contribution is 6.02. The van der Waals surface area contributed by atoms with Crippen LogP contribution in [0.2, 0.25) is 0 Å². The van der Waals surface area contributed by atoms with Crippen LogP contribution < -0.4 is 0 Å². The summed E-state index contributed by atoms with van der Waals surface area (Å²) >= 11 is 0. The molecule has 1 aliphatic heterocycles. The Hall–Kier alpha value is -2.56. The lowest BCUT2D eigenvalue weighted by Crippen LogP contribution is -2.30. The Balaban J connectivity index is 2.33. The van der Waals surface area contributed by atoms with Gasteiger partial charge in [-0.25, -0.2) is 0 Å². The predicted molar refractivity (Wildman–Crippen MR) is 125 cm³/mol. The second-order valence-electron chi connectivity index (χ2n) is 8.80. The molecule has 2 rings (SSSR count). The van der Waals surface area contributed by atoms with Crippen LogP contribution in [0, 0.1) is 0 Å². The zero-order valence-electron chi connectivity index (χ0n) is 19.5. The first-order valence-electron chi connectivity index (χ1n) is 11.4. The van der Waals surface area contributed by atoms with Gasteiger partial charge in [0.2, 0.25) is 0 Å². The molecule has 0 aromatic heterocycles. The molecule has 0 radical (unpaired) electrons. The minimum Gasteiger partial charge on any atom is -0.508 e. The number of carbonyl (C=O) groups excluding carboxylic acids is 2. The number of hydrogen-bond acceptors (Lipinski definition) is 4. The van der Waals surface area contributed by atoms with E-state index in [1.54, 1.807) is 6.07 Å². The summed E-state index contributed by atoms with van der Waals surface area (Å²) in [6.45, 7) is 8.75. The first-order valence-corrected chi connectivity index (χ1v) is 11.4. The van der Waals surface area contributed by atoms with Crippen LogP contribution >= 0.6 is 0 Å². The van der Waals surface area contributed by atoms with Crippen molar-refractivity contribution in [3.05, 3.63) is 46.1 Å². The van der Waals surface area contributed by atoms with Crippen molar-refractivity contribution in [1.82, 2.24) is 4.90 Å². The number of benzene rings is 1. The summed E-state index contributed by atoms with van der Waals surface area (Å²) in [6.07, 6.45) is 10.3. The quantitative estimate of drug-likeness (QED) is 0.383. The van der Waals surface area contributed by atoms with Gasteiger partial charge in [-0.15, -0.1) is 0 Å². The molecule has 31 heavy (non-hydrogen) atoms. The largest absolute Gasteiger partial charge is 0.508 e. The number of hydrogen-bond donors (Lipinski definition) is 2. The third-order valence-corrected chi connectivity index (χ3v) is 5.79. The number of carbonyl (C=O) groups is 2. The summed E-state index contributed by atoms with van der Waals surface area (Å²) < 4.78 is 0. The van der Waals surface area contributed by atoms with E-state index >= 15 is 0 Å². The van der Waals surface area contributed by atoms with Gasteiger partial charge in [0, 0.05) is 18.5 Å². The summed E-state index contributed by atoms with van der Waals surface area (Å²) in [5, 5.41) is 21.7. The highest BCUT2D eigenvalue weighted by atomic mass is 16.3. The first-order chi connectivity index (χ1) is 14.7. The number of likely N-dealkylation sites (tertiary alicyclic amines) is 1. The maximum atomic E-state index is 13.2. The molecule has 5 nitrogen and oxygen atoms in total. The van der Waals surface area contributed by atoms with Crippen molar-refractivity contribution in [1.29, 1.82) is 0 Å². The maximum Gasteiger partial charge on any atom is 0.258 e. The van der Waals surface area contributed by atoms with Crippen molar-refractivity contribution in [2.75, 3.05) is 13.1 Å². The SMILES string of the molecule is CCCCCc1cc(O)c(C/C=C(\C)CCC=C(C)C)c(O)c1C(=O)N1CCC(=O)C1. The number of allylic oxidation sites excluding steroid dienone is 4. The highest BCUT2D eigenvalue weighted by Gasteiger charge is 2.30. The van der Waals surface area contributed by atoms with Gasteiger partial charge in [-0.1, -0.05) is 43.1 Å². The topological polar surface area (TPSA) is 77.8 Å². The van der Waals surface area contributed by atoms with E-state index in [0.717, 1.165) is 32.1 Å². The van der Waals surface area contributed by atoms with Crippen molar-refractivity contribution < 1.29 is 19.8 Å². The maximum absolute atomic E-state index is 13.2. The monoisotopic (exact) mass is 427 g/mol. The Labute approximate surface area is 186 Å². The Morgan fingerprint density at radius 2 is 1.90 bits per heavy atom. The summed E-state index contributed by atoms with van der Waals surface area (Å²) in [5.74, 6) is -0.412. The molecule has 5 heteroatoms. The molecule has 1 amide bonds. The number of unbranched alkanes of at least 4 members (excludes halogenated alkanes) is 2. The van der Waals surface area contributed by atoms with Crippen LogP contribution in [0.4, 0.5) is 0 Å². The van der Waals surface area contributed by atoms with E-state index in [0.29, 0.717) is 36.9 Å². The van der Waals surface area contributed by atoms with Gasteiger partial charge in [0.15, 0.2) is 5.78 Å². The van der Waals surface area contributed by atoms with Gasteiger partial charge >= 0.3 is 0 Å². The molecular formula is C26H37NO4. The lowest BCUT2D eigenvalue weighted by Gasteiger charge is -2.20. The van der Waals surface area contributed by atoms with E-state index < -0.39 is 0 Å². The van der Waals surface area contributed by atoms with E-state index in [4.69, 9.17) is 0 Å². The zero-order chi connectivity index (χ0) is 23.0. The van der Waals surface area contributed by atoms with Crippen molar-refractivity contribution in [3.8, 4) is 11.5 Å². The number of nitrogens with zero attached hydrogens (tertiary/aromatic N) is 1. The molecular weight excluding hydrogens is 390 g/mol. The average Bonchev–Trinajstić information content (AvgIpc) is 3.13. The Morgan fingerprint density at radius 1 is 1.16 bits per heavy atom. The summed E-state index contributed by atoms with van der Waals surface area (Å²) in [7, 11) is 0. The van der Waals surface area contributed by atoms with E-state index in [-0.39, 0.29) is 35.3 Å². The third kappa shape index (κ3) is 6.98. The number of phenolic OH excluding ortho intramolecular Hbond substituents is 2. The van der Waals surface area contributed by atoms with Gasteiger partial charge in [-0.3, -0.25) is 9.59 Å². The molecule has 0 saturated carbocycles. The Morgan fingerprint density at radius 3 is 2.52 bits per heavy atom. The van der Waals surface area contributed by atoms with E-state index in [1.165, 1.54) is 16.0 Å². The van der Waals surface area contributed by atoms with E-state index in [2.05, 4.69) is 26.8 Å². The minimum atomic E-state index is -0.319.